The molecule has 1 heterocycles. The van der Waals surface area contributed by atoms with Gasteiger partial charge in [-0.2, -0.15) is 0 Å². The van der Waals surface area contributed by atoms with E-state index in [0.29, 0.717) is 44.4 Å². The summed E-state index contributed by atoms with van der Waals surface area (Å²) in [5.74, 6) is 1.26. The Kier molecular flexibility index (Phi) is 7.76. The molecular formula is C38H58N2O5. The third kappa shape index (κ3) is 4.47. The summed E-state index contributed by atoms with van der Waals surface area (Å²) in [6.45, 7) is 21.9. The van der Waals surface area contributed by atoms with Crippen molar-refractivity contribution in [3.8, 4) is 0 Å². The Morgan fingerprint density at radius 1 is 0.822 bits per heavy atom. The van der Waals surface area contributed by atoms with E-state index < -0.39 is 5.41 Å². The van der Waals surface area contributed by atoms with Gasteiger partial charge in [0, 0.05) is 57.8 Å². The molecule has 1 saturated heterocycles. The van der Waals surface area contributed by atoms with Crippen molar-refractivity contribution in [1.82, 2.24) is 9.80 Å². The standard InChI is InChI=1S/C38H58N2O5/c1-23(2)31-27(43)22-38(33(44)40-20-18-39(19-21-40)24(3)41)17-16-36(8)26(32(31)38)10-11-29-35(7)14-13-30(45-25(4)42)34(5,6)28(35)12-15-37(29,36)9/h23,28-31H,10-22H2,1-9H3/t28-,29+,30-,31?,35-,36+,37+,38+/m0/s1. The van der Waals surface area contributed by atoms with E-state index in [1.807, 2.05) is 9.80 Å². The Balaban J connectivity index is 1.39. The molecule has 1 unspecified atom stereocenters. The van der Waals surface area contributed by atoms with Crippen LogP contribution in [-0.4, -0.2) is 65.6 Å². The molecule has 8 atom stereocenters. The van der Waals surface area contributed by atoms with Crippen LogP contribution in [-0.2, 0) is 23.9 Å². The number of fused-ring (bicyclic) bond motifs is 6. The Labute approximate surface area is 271 Å². The second-order valence-corrected chi connectivity index (χ2v) is 17.5. The van der Waals surface area contributed by atoms with Crippen LogP contribution in [0.1, 0.15) is 120 Å². The van der Waals surface area contributed by atoms with E-state index in [9.17, 15) is 19.2 Å². The van der Waals surface area contributed by atoms with Gasteiger partial charge in [-0.05, 0) is 90.9 Å². The summed E-state index contributed by atoms with van der Waals surface area (Å²) >= 11 is 0. The summed E-state index contributed by atoms with van der Waals surface area (Å²) in [6.07, 6.45) is 8.25. The molecule has 0 aromatic heterocycles. The number of ether oxygens (including phenoxy) is 1. The lowest BCUT2D eigenvalue weighted by atomic mass is 9.34. The molecule has 5 fully saturated rings. The lowest BCUT2D eigenvalue weighted by molar-refractivity contribution is -0.213. The SMILES string of the molecule is CC(=O)O[C@H]1CC[C@]2(C)[C@H]3CCC4=C5C(C(C)C)C(=O)C[C@]5(C(=O)N5CCN(C(C)=O)CC5)CC[C@@]4(C)[C@]3(C)CC[C@H]2C1(C)C. The van der Waals surface area contributed by atoms with Crippen molar-refractivity contribution in [2.75, 3.05) is 26.2 Å². The molecule has 45 heavy (non-hydrogen) atoms. The van der Waals surface area contributed by atoms with Crippen LogP contribution in [0.25, 0.3) is 0 Å². The van der Waals surface area contributed by atoms with Crippen molar-refractivity contribution in [1.29, 1.82) is 0 Å². The number of piperazine rings is 1. The minimum absolute atomic E-state index is 0.0378. The fourth-order valence-electron chi connectivity index (χ4n) is 12.7. The molecule has 0 N–H and O–H groups in total. The Bertz CT molecular complexity index is 1320. The maximum Gasteiger partial charge on any atom is 0.302 e. The zero-order chi connectivity index (χ0) is 32.9. The van der Waals surface area contributed by atoms with E-state index in [2.05, 4.69) is 48.5 Å². The smallest absolute Gasteiger partial charge is 0.302 e. The van der Waals surface area contributed by atoms with Crippen molar-refractivity contribution in [3.05, 3.63) is 11.1 Å². The number of esters is 1. The number of carbonyl (C=O) groups is 4. The molecule has 7 heteroatoms. The number of hydrogen-bond acceptors (Lipinski definition) is 5. The first-order valence-corrected chi connectivity index (χ1v) is 17.9. The molecule has 6 rings (SSSR count). The lowest BCUT2D eigenvalue weighted by Gasteiger charge is -2.70. The zero-order valence-corrected chi connectivity index (χ0v) is 29.5. The molecule has 1 aliphatic heterocycles. The highest BCUT2D eigenvalue weighted by atomic mass is 16.5. The minimum atomic E-state index is -0.729. The van der Waals surface area contributed by atoms with Crippen molar-refractivity contribution < 1.29 is 23.9 Å². The first-order chi connectivity index (χ1) is 20.9. The molecule has 0 aromatic rings. The van der Waals surface area contributed by atoms with Crippen molar-refractivity contribution >= 4 is 23.6 Å². The van der Waals surface area contributed by atoms with Gasteiger partial charge < -0.3 is 14.5 Å². The monoisotopic (exact) mass is 622 g/mol. The molecule has 2 amide bonds. The largest absolute Gasteiger partial charge is 0.462 e. The number of ketones is 1. The van der Waals surface area contributed by atoms with Crippen molar-refractivity contribution in [2.45, 2.75) is 126 Å². The number of nitrogens with zero attached hydrogens (tertiary/aromatic N) is 2. The summed E-state index contributed by atoms with van der Waals surface area (Å²) in [7, 11) is 0. The van der Waals surface area contributed by atoms with Crippen LogP contribution in [0.15, 0.2) is 11.1 Å². The van der Waals surface area contributed by atoms with Gasteiger partial charge in [-0.25, -0.2) is 0 Å². The number of carbonyl (C=O) groups excluding carboxylic acids is 4. The third-order valence-corrected chi connectivity index (χ3v) is 15.0. The second-order valence-electron chi connectivity index (χ2n) is 17.5. The second kappa shape index (κ2) is 10.7. The quantitative estimate of drug-likeness (QED) is 0.262. The number of rotatable bonds is 3. The minimum Gasteiger partial charge on any atom is -0.462 e. The van der Waals surface area contributed by atoms with Gasteiger partial charge in [-0.15, -0.1) is 0 Å². The van der Waals surface area contributed by atoms with E-state index in [1.54, 1.807) is 6.92 Å². The fourth-order valence-corrected chi connectivity index (χ4v) is 12.7. The van der Waals surface area contributed by atoms with Crippen LogP contribution in [0, 0.1) is 50.7 Å². The molecule has 250 valence electrons. The predicted molar refractivity (Wildman–Crippen MR) is 174 cm³/mol. The van der Waals surface area contributed by atoms with Gasteiger partial charge in [0.05, 0.1) is 5.41 Å². The molecule has 0 radical (unpaired) electrons. The molecule has 0 spiro atoms. The fraction of sp³-hybridized carbons (Fsp3) is 0.842. The van der Waals surface area contributed by atoms with Gasteiger partial charge in [-0.3, -0.25) is 19.2 Å². The Morgan fingerprint density at radius 2 is 1.47 bits per heavy atom. The zero-order valence-electron chi connectivity index (χ0n) is 29.5. The van der Waals surface area contributed by atoms with Crippen LogP contribution in [0.4, 0.5) is 0 Å². The topological polar surface area (TPSA) is 84.0 Å². The first-order valence-electron chi connectivity index (χ1n) is 17.9. The average molecular weight is 623 g/mol. The highest BCUT2D eigenvalue weighted by Crippen LogP contribution is 2.76. The Morgan fingerprint density at radius 3 is 2.07 bits per heavy atom. The van der Waals surface area contributed by atoms with E-state index in [-0.39, 0.29) is 63.2 Å². The van der Waals surface area contributed by atoms with E-state index in [4.69, 9.17) is 4.74 Å². The average Bonchev–Trinajstić information content (AvgIpc) is 3.27. The van der Waals surface area contributed by atoms with E-state index in [0.717, 1.165) is 51.4 Å². The van der Waals surface area contributed by atoms with Crippen LogP contribution in [0.2, 0.25) is 0 Å². The number of allylic oxidation sites excluding steroid dienone is 1. The highest BCUT2D eigenvalue weighted by Gasteiger charge is 2.70. The van der Waals surface area contributed by atoms with E-state index in [1.165, 1.54) is 18.1 Å². The van der Waals surface area contributed by atoms with Crippen LogP contribution >= 0.6 is 0 Å². The van der Waals surface area contributed by atoms with Gasteiger partial charge in [0.25, 0.3) is 0 Å². The lowest BCUT2D eigenvalue weighted by Crippen LogP contribution is -2.64. The molecule has 7 nitrogen and oxygen atoms in total. The summed E-state index contributed by atoms with van der Waals surface area (Å²) < 4.78 is 5.93. The van der Waals surface area contributed by atoms with Gasteiger partial charge in [0.15, 0.2) is 0 Å². The molecule has 0 aromatic carbocycles. The molecule has 0 bridgehead atoms. The number of Topliss-reactive ketones (excluding diaryl/α,β-unsaturated/α-hetero) is 1. The Hall–Kier alpha value is -2.18. The van der Waals surface area contributed by atoms with Crippen molar-refractivity contribution in [2.24, 2.45) is 50.7 Å². The van der Waals surface area contributed by atoms with Gasteiger partial charge >= 0.3 is 5.97 Å². The van der Waals surface area contributed by atoms with Crippen LogP contribution in [0.3, 0.4) is 0 Å². The van der Waals surface area contributed by atoms with Gasteiger partial charge in [-0.1, -0.05) is 54.0 Å². The third-order valence-electron chi connectivity index (χ3n) is 15.0. The normalized spacial score (nSPS) is 42.5. The van der Waals surface area contributed by atoms with Gasteiger partial charge in [0.2, 0.25) is 11.8 Å². The summed E-state index contributed by atoms with van der Waals surface area (Å²) in [5, 5.41) is 0. The maximum absolute atomic E-state index is 14.7. The van der Waals surface area contributed by atoms with Crippen LogP contribution in [0.5, 0.6) is 0 Å². The molecular weight excluding hydrogens is 564 g/mol. The summed E-state index contributed by atoms with van der Waals surface area (Å²) in [5.41, 5.74) is 2.00. The molecule has 6 aliphatic rings. The maximum atomic E-state index is 14.7. The predicted octanol–water partition coefficient (Wildman–Crippen LogP) is 6.59. The van der Waals surface area contributed by atoms with Crippen LogP contribution < -0.4 is 0 Å². The summed E-state index contributed by atoms with van der Waals surface area (Å²) in [4.78, 5) is 56.5. The van der Waals surface area contributed by atoms with Gasteiger partial charge in [0.1, 0.15) is 11.9 Å². The number of hydrogen-bond donors (Lipinski definition) is 0. The summed E-state index contributed by atoms with van der Waals surface area (Å²) in [6, 6.07) is 0. The van der Waals surface area contributed by atoms with E-state index >= 15 is 0 Å². The molecule has 5 aliphatic carbocycles. The van der Waals surface area contributed by atoms with Crippen molar-refractivity contribution in [3.63, 3.8) is 0 Å². The number of amides is 2. The highest BCUT2D eigenvalue weighted by molar-refractivity contribution is 6.00. The first kappa shape index (κ1) is 32.7. The molecule has 4 saturated carbocycles.